The summed E-state index contributed by atoms with van der Waals surface area (Å²) in [5.74, 6) is -0.0493. The average molecular weight is 398 g/mol. The number of anilines is 1. The smallest absolute Gasteiger partial charge is 0.255 e. The molecule has 0 saturated carbocycles. The number of nitrogens with zero attached hydrogens (tertiary/aromatic N) is 2. The second-order valence-electron chi connectivity index (χ2n) is 5.28. The average Bonchev–Trinajstić information content (AvgIpc) is 2.63. The number of methoxy groups -OCH3 is 1. The largest absolute Gasteiger partial charge is 0.481 e. The van der Waals surface area contributed by atoms with E-state index in [0.29, 0.717) is 24.7 Å². The molecule has 0 unspecified atom stereocenters. The summed E-state index contributed by atoms with van der Waals surface area (Å²) in [5, 5.41) is 2.73. The van der Waals surface area contributed by atoms with Crippen molar-refractivity contribution in [3.05, 3.63) is 47.1 Å². The molecule has 0 aliphatic rings. The zero-order chi connectivity index (χ0) is 19.3. The lowest BCUT2D eigenvalue weighted by atomic mass is 10.2. The van der Waals surface area contributed by atoms with Crippen LogP contribution in [0.15, 0.2) is 41.4 Å². The first-order valence-corrected chi connectivity index (χ1v) is 9.76. The van der Waals surface area contributed by atoms with Crippen molar-refractivity contribution in [2.24, 2.45) is 0 Å². The van der Waals surface area contributed by atoms with Gasteiger partial charge in [0.1, 0.15) is 4.90 Å². The number of pyridine rings is 1. The van der Waals surface area contributed by atoms with E-state index >= 15 is 0 Å². The van der Waals surface area contributed by atoms with E-state index < -0.39 is 15.9 Å². The van der Waals surface area contributed by atoms with Crippen LogP contribution >= 0.6 is 11.6 Å². The monoisotopic (exact) mass is 397 g/mol. The van der Waals surface area contributed by atoms with E-state index in [1.807, 2.05) is 0 Å². The Balaban J connectivity index is 2.31. The van der Waals surface area contributed by atoms with E-state index in [4.69, 9.17) is 16.3 Å². The van der Waals surface area contributed by atoms with Gasteiger partial charge in [-0.2, -0.15) is 4.31 Å². The third-order valence-corrected chi connectivity index (χ3v) is 6.25. The summed E-state index contributed by atoms with van der Waals surface area (Å²) in [6.07, 6.45) is 1.44. The lowest BCUT2D eigenvalue weighted by molar-refractivity contribution is 0.102. The number of carbonyl (C=O) groups is 1. The Bertz CT molecular complexity index is 881. The second-order valence-corrected chi connectivity index (χ2v) is 7.59. The fourth-order valence-electron chi connectivity index (χ4n) is 2.32. The lowest BCUT2D eigenvalue weighted by Gasteiger charge is -2.19. The molecule has 0 aliphatic heterocycles. The SMILES string of the molecule is CCN(CC)S(=O)(=O)c1cc(C(=O)Nc2ccc(OC)nc2)ccc1Cl. The Labute approximate surface area is 158 Å². The molecule has 0 atom stereocenters. The highest BCUT2D eigenvalue weighted by Gasteiger charge is 2.25. The maximum atomic E-state index is 12.7. The number of carbonyl (C=O) groups excluding carboxylic acids is 1. The molecule has 140 valence electrons. The topological polar surface area (TPSA) is 88.6 Å². The number of sulfonamides is 1. The van der Waals surface area contributed by atoms with Crippen molar-refractivity contribution in [2.45, 2.75) is 18.7 Å². The van der Waals surface area contributed by atoms with Crippen molar-refractivity contribution in [3.8, 4) is 5.88 Å². The van der Waals surface area contributed by atoms with Crippen LogP contribution in [0.5, 0.6) is 5.88 Å². The van der Waals surface area contributed by atoms with Crippen molar-refractivity contribution in [1.29, 1.82) is 0 Å². The first-order valence-electron chi connectivity index (χ1n) is 7.94. The van der Waals surface area contributed by atoms with Gasteiger partial charge in [-0.15, -0.1) is 0 Å². The summed E-state index contributed by atoms with van der Waals surface area (Å²) in [7, 11) is -2.29. The van der Waals surface area contributed by atoms with Crippen LogP contribution in [-0.4, -0.2) is 43.8 Å². The quantitative estimate of drug-likeness (QED) is 0.775. The van der Waals surface area contributed by atoms with E-state index in [9.17, 15) is 13.2 Å². The molecule has 0 saturated heterocycles. The van der Waals surface area contributed by atoms with Crippen LogP contribution in [0.3, 0.4) is 0 Å². The summed E-state index contributed by atoms with van der Waals surface area (Å²) >= 11 is 6.08. The molecule has 0 spiro atoms. The molecule has 2 rings (SSSR count). The van der Waals surface area contributed by atoms with Gasteiger partial charge in [-0.1, -0.05) is 25.4 Å². The van der Waals surface area contributed by atoms with Crippen LogP contribution < -0.4 is 10.1 Å². The zero-order valence-corrected chi connectivity index (χ0v) is 16.3. The number of hydrogen-bond acceptors (Lipinski definition) is 5. The van der Waals surface area contributed by atoms with Crippen molar-refractivity contribution in [2.75, 3.05) is 25.5 Å². The highest BCUT2D eigenvalue weighted by Crippen LogP contribution is 2.26. The molecular weight excluding hydrogens is 378 g/mol. The fourth-order valence-corrected chi connectivity index (χ4v) is 4.28. The Morgan fingerprint density at radius 3 is 2.46 bits per heavy atom. The summed E-state index contributed by atoms with van der Waals surface area (Å²) in [5.41, 5.74) is 0.634. The van der Waals surface area contributed by atoms with Gasteiger partial charge in [-0.25, -0.2) is 13.4 Å². The molecule has 26 heavy (non-hydrogen) atoms. The van der Waals surface area contributed by atoms with Gasteiger partial charge in [0.25, 0.3) is 5.91 Å². The standard InChI is InChI=1S/C17H20ClN3O4S/c1-4-21(5-2)26(23,24)15-10-12(6-8-14(15)18)17(22)20-13-7-9-16(25-3)19-11-13/h6-11H,4-5H2,1-3H3,(H,20,22). The first kappa shape index (κ1) is 20.2. The minimum Gasteiger partial charge on any atom is -0.481 e. The third-order valence-electron chi connectivity index (χ3n) is 3.72. The molecule has 1 heterocycles. The molecule has 1 aromatic carbocycles. The van der Waals surface area contributed by atoms with Gasteiger partial charge in [0.2, 0.25) is 15.9 Å². The fraction of sp³-hybridized carbons (Fsp3) is 0.294. The van der Waals surface area contributed by atoms with Gasteiger partial charge in [-0.3, -0.25) is 4.79 Å². The van der Waals surface area contributed by atoms with Gasteiger partial charge in [0.15, 0.2) is 0 Å². The normalized spacial score (nSPS) is 11.4. The van der Waals surface area contributed by atoms with Gasteiger partial charge in [0.05, 0.1) is 24.0 Å². The van der Waals surface area contributed by atoms with E-state index in [2.05, 4.69) is 10.3 Å². The number of amides is 1. The number of aromatic nitrogens is 1. The number of benzene rings is 1. The molecule has 1 amide bonds. The number of rotatable bonds is 7. The van der Waals surface area contributed by atoms with E-state index in [1.165, 1.54) is 35.8 Å². The predicted octanol–water partition coefficient (Wildman–Crippen LogP) is 3.03. The van der Waals surface area contributed by atoms with Crippen molar-refractivity contribution < 1.29 is 17.9 Å². The van der Waals surface area contributed by atoms with Crippen LogP contribution in [-0.2, 0) is 10.0 Å². The van der Waals surface area contributed by atoms with Crippen molar-refractivity contribution in [3.63, 3.8) is 0 Å². The van der Waals surface area contributed by atoms with Gasteiger partial charge in [-0.05, 0) is 24.3 Å². The maximum absolute atomic E-state index is 12.7. The van der Waals surface area contributed by atoms with Gasteiger partial charge in [0, 0.05) is 24.7 Å². The van der Waals surface area contributed by atoms with Crippen LogP contribution in [0.2, 0.25) is 5.02 Å². The van der Waals surface area contributed by atoms with Crippen molar-refractivity contribution >= 4 is 33.2 Å². The summed E-state index contributed by atoms with van der Waals surface area (Å²) < 4.78 is 31.6. The molecule has 0 fully saturated rings. The molecule has 0 bridgehead atoms. The molecule has 0 radical (unpaired) electrons. The molecule has 7 nitrogen and oxygen atoms in total. The number of ether oxygens (including phenoxy) is 1. The first-order chi connectivity index (χ1) is 12.3. The summed E-state index contributed by atoms with van der Waals surface area (Å²) in [6, 6.07) is 7.39. The van der Waals surface area contributed by atoms with E-state index in [1.54, 1.807) is 26.0 Å². The Morgan fingerprint density at radius 1 is 1.23 bits per heavy atom. The molecule has 9 heteroatoms. The van der Waals surface area contributed by atoms with Crippen LogP contribution in [0, 0.1) is 0 Å². The Hall–Kier alpha value is -2.16. The summed E-state index contributed by atoms with van der Waals surface area (Å²) in [4.78, 5) is 16.4. The number of hydrogen-bond donors (Lipinski definition) is 1. The Kier molecular flexibility index (Phi) is 6.57. The molecule has 0 aliphatic carbocycles. The van der Waals surface area contributed by atoms with Crippen LogP contribution in [0.4, 0.5) is 5.69 Å². The zero-order valence-electron chi connectivity index (χ0n) is 14.7. The molecule has 1 aromatic heterocycles. The van der Waals surface area contributed by atoms with Gasteiger partial charge < -0.3 is 10.1 Å². The second kappa shape index (κ2) is 8.48. The maximum Gasteiger partial charge on any atom is 0.255 e. The van der Waals surface area contributed by atoms with Crippen LogP contribution in [0.1, 0.15) is 24.2 Å². The third kappa shape index (κ3) is 4.32. The van der Waals surface area contributed by atoms with E-state index in [0.717, 1.165) is 0 Å². The minimum atomic E-state index is -3.78. The molecule has 1 N–H and O–H groups in total. The number of nitrogens with one attached hydrogen (secondary N) is 1. The molecular formula is C17H20ClN3O4S. The minimum absolute atomic E-state index is 0.0690. The highest BCUT2D eigenvalue weighted by molar-refractivity contribution is 7.89. The highest BCUT2D eigenvalue weighted by atomic mass is 35.5. The van der Waals surface area contributed by atoms with E-state index in [-0.39, 0.29) is 15.5 Å². The van der Waals surface area contributed by atoms with Gasteiger partial charge >= 0.3 is 0 Å². The predicted molar refractivity (Wildman–Crippen MR) is 100 cm³/mol. The number of halogens is 1. The van der Waals surface area contributed by atoms with Crippen LogP contribution in [0.25, 0.3) is 0 Å². The lowest BCUT2D eigenvalue weighted by Crippen LogP contribution is -2.31. The summed E-state index contributed by atoms with van der Waals surface area (Å²) in [6.45, 7) is 4.09. The Morgan fingerprint density at radius 2 is 1.92 bits per heavy atom. The molecule has 2 aromatic rings. The van der Waals surface area contributed by atoms with Crippen molar-refractivity contribution in [1.82, 2.24) is 9.29 Å².